The molecule has 1 heterocycles. The summed E-state index contributed by atoms with van der Waals surface area (Å²) in [6, 6.07) is 7.60. The van der Waals surface area contributed by atoms with Gasteiger partial charge in [0.25, 0.3) is 5.91 Å². The van der Waals surface area contributed by atoms with E-state index in [1.165, 1.54) is 6.92 Å². The van der Waals surface area contributed by atoms with Crippen molar-refractivity contribution in [3.05, 3.63) is 64.4 Å². The second kappa shape index (κ2) is 7.36. The summed E-state index contributed by atoms with van der Waals surface area (Å²) in [5.74, 6) is -3.38. The molecule has 1 amide bonds. The van der Waals surface area contributed by atoms with Crippen molar-refractivity contribution in [2.45, 2.75) is 20.0 Å². The molecule has 0 bridgehead atoms. The molecule has 3 rings (SSSR count). The SMILES string of the molecule is Cc1c(C(=O)O[C@@H](C)C(=O)Nc2ccc(F)cc2F)oc2ccc(Cl)cc12. The number of fused-ring (bicyclic) bond motifs is 1. The van der Waals surface area contributed by atoms with Gasteiger partial charge in [0.2, 0.25) is 5.76 Å². The lowest BCUT2D eigenvalue weighted by Crippen LogP contribution is -2.30. The van der Waals surface area contributed by atoms with E-state index in [1.54, 1.807) is 25.1 Å². The number of benzene rings is 2. The number of rotatable bonds is 4. The number of ether oxygens (including phenoxy) is 1. The van der Waals surface area contributed by atoms with Gasteiger partial charge in [-0.25, -0.2) is 13.6 Å². The Balaban J connectivity index is 1.73. The van der Waals surface area contributed by atoms with E-state index in [4.69, 9.17) is 20.8 Å². The molecule has 0 unspecified atom stereocenters. The molecular weight excluding hydrogens is 380 g/mol. The second-order valence-corrected chi connectivity index (χ2v) is 6.29. The van der Waals surface area contributed by atoms with E-state index >= 15 is 0 Å². The first-order chi connectivity index (χ1) is 12.8. The van der Waals surface area contributed by atoms with Crippen LogP contribution in [0.2, 0.25) is 5.02 Å². The van der Waals surface area contributed by atoms with Gasteiger partial charge in [0.15, 0.2) is 6.10 Å². The molecule has 5 nitrogen and oxygen atoms in total. The van der Waals surface area contributed by atoms with Gasteiger partial charge in [-0.15, -0.1) is 0 Å². The van der Waals surface area contributed by atoms with Crippen molar-refractivity contribution < 1.29 is 27.5 Å². The molecule has 140 valence electrons. The number of nitrogens with one attached hydrogen (secondary N) is 1. The number of carbonyl (C=O) groups is 2. The zero-order valence-electron chi connectivity index (χ0n) is 14.3. The van der Waals surface area contributed by atoms with E-state index in [1.807, 2.05) is 0 Å². The zero-order chi connectivity index (χ0) is 19.7. The summed E-state index contributed by atoms with van der Waals surface area (Å²) >= 11 is 5.94. The Bertz CT molecular complexity index is 1050. The van der Waals surface area contributed by atoms with Gasteiger partial charge in [0, 0.05) is 22.0 Å². The highest BCUT2D eigenvalue weighted by molar-refractivity contribution is 6.31. The van der Waals surface area contributed by atoms with Crippen LogP contribution in [0.1, 0.15) is 23.0 Å². The van der Waals surface area contributed by atoms with Crippen molar-refractivity contribution in [2.75, 3.05) is 5.32 Å². The van der Waals surface area contributed by atoms with Gasteiger partial charge in [0.1, 0.15) is 17.2 Å². The van der Waals surface area contributed by atoms with Crippen LogP contribution in [0.25, 0.3) is 11.0 Å². The van der Waals surface area contributed by atoms with E-state index in [2.05, 4.69) is 5.32 Å². The van der Waals surface area contributed by atoms with Crippen molar-refractivity contribution in [1.82, 2.24) is 0 Å². The first-order valence-corrected chi connectivity index (χ1v) is 8.29. The zero-order valence-corrected chi connectivity index (χ0v) is 15.1. The minimum Gasteiger partial charge on any atom is -0.449 e. The van der Waals surface area contributed by atoms with Gasteiger partial charge in [-0.1, -0.05) is 11.6 Å². The Hall–Kier alpha value is -2.93. The van der Waals surface area contributed by atoms with Gasteiger partial charge < -0.3 is 14.5 Å². The van der Waals surface area contributed by atoms with Crippen molar-refractivity contribution >= 4 is 40.1 Å². The van der Waals surface area contributed by atoms with Crippen LogP contribution in [0.3, 0.4) is 0 Å². The molecule has 0 aliphatic heterocycles. The lowest BCUT2D eigenvalue weighted by atomic mass is 10.1. The first kappa shape index (κ1) is 18.8. The Morgan fingerprint density at radius 2 is 1.93 bits per heavy atom. The van der Waals surface area contributed by atoms with Crippen LogP contribution in [0.4, 0.5) is 14.5 Å². The molecule has 27 heavy (non-hydrogen) atoms. The van der Waals surface area contributed by atoms with Crippen LogP contribution >= 0.6 is 11.6 Å². The van der Waals surface area contributed by atoms with Gasteiger partial charge in [0.05, 0.1) is 5.69 Å². The molecule has 0 spiro atoms. The van der Waals surface area contributed by atoms with Gasteiger partial charge >= 0.3 is 5.97 Å². The van der Waals surface area contributed by atoms with Crippen LogP contribution in [0, 0.1) is 18.6 Å². The highest BCUT2D eigenvalue weighted by Crippen LogP contribution is 2.28. The lowest BCUT2D eigenvalue weighted by Gasteiger charge is -2.13. The Kier molecular flexibility index (Phi) is 5.14. The number of anilines is 1. The topological polar surface area (TPSA) is 68.5 Å². The van der Waals surface area contributed by atoms with Crippen LogP contribution in [-0.2, 0) is 9.53 Å². The number of carbonyl (C=O) groups excluding carboxylic acids is 2. The molecule has 1 N–H and O–H groups in total. The molecule has 0 saturated heterocycles. The average molecular weight is 394 g/mol. The fourth-order valence-corrected chi connectivity index (χ4v) is 2.65. The van der Waals surface area contributed by atoms with Crippen molar-refractivity contribution in [2.24, 2.45) is 0 Å². The van der Waals surface area contributed by atoms with Crippen molar-refractivity contribution in [3.8, 4) is 0 Å². The summed E-state index contributed by atoms with van der Waals surface area (Å²) in [7, 11) is 0. The minimum atomic E-state index is -1.24. The summed E-state index contributed by atoms with van der Waals surface area (Å²) in [4.78, 5) is 24.5. The fraction of sp³-hybridized carbons (Fsp3) is 0.158. The number of hydrogen-bond acceptors (Lipinski definition) is 4. The number of amides is 1. The molecule has 2 aromatic carbocycles. The van der Waals surface area contributed by atoms with E-state index < -0.39 is 29.6 Å². The molecule has 1 atom stereocenters. The normalized spacial score (nSPS) is 12.0. The summed E-state index contributed by atoms with van der Waals surface area (Å²) < 4.78 is 37.1. The molecule has 0 radical (unpaired) electrons. The van der Waals surface area contributed by atoms with Crippen LogP contribution in [-0.4, -0.2) is 18.0 Å². The van der Waals surface area contributed by atoms with Gasteiger partial charge in [-0.05, 0) is 44.2 Å². The average Bonchev–Trinajstić information content (AvgIpc) is 2.93. The second-order valence-electron chi connectivity index (χ2n) is 5.86. The summed E-state index contributed by atoms with van der Waals surface area (Å²) in [6.45, 7) is 2.99. The smallest absolute Gasteiger partial charge is 0.375 e. The van der Waals surface area contributed by atoms with E-state index in [0.717, 1.165) is 12.1 Å². The largest absolute Gasteiger partial charge is 0.449 e. The molecule has 0 saturated carbocycles. The molecule has 8 heteroatoms. The van der Waals surface area contributed by atoms with Crippen LogP contribution in [0.15, 0.2) is 40.8 Å². The predicted octanol–water partition coefficient (Wildman–Crippen LogP) is 4.86. The molecule has 0 fully saturated rings. The first-order valence-electron chi connectivity index (χ1n) is 7.92. The maximum atomic E-state index is 13.6. The highest BCUT2D eigenvalue weighted by Gasteiger charge is 2.25. The van der Waals surface area contributed by atoms with Crippen molar-refractivity contribution in [3.63, 3.8) is 0 Å². The third-order valence-electron chi connectivity index (χ3n) is 3.93. The standard InChI is InChI=1S/C19H14ClF2NO4/c1-9-13-7-11(20)3-6-16(13)27-17(9)19(25)26-10(2)18(24)23-15-5-4-12(21)8-14(15)22/h3-8,10H,1-2H3,(H,23,24)/t10-/m0/s1. The summed E-state index contributed by atoms with van der Waals surface area (Å²) in [5, 5.41) is 3.38. The van der Waals surface area contributed by atoms with E-state index in [0.29, 0.717) is 27.6 Å². The number of aryl methyl sites for hydroxylation is 1. The van der Waals surface area contributed by atoms with Crippen LogP contribution < -0.4 is 5.32 Å². The Labute approximate surface area is 157 Å². The molecular formula is C19H14ClF2NO4. The molecule has 0 aliphatic rings. The number of furan rings is 1. The van der Waals surface area contributed by atoms with Crippen LogP contribution in [0.5, 0.6) is 0 Å². The minimum absolute atomic E-state index is 0.0557. The number of hydrogen-bond donors (Lipinski definition) is 1. The summed E-state index contributed by atoms with van der Waals surface area (Å²) in [5.41, 5.74) is 0.753. The fourth-order valence-electron chi connectivity index (χ4n) is 2.48. The third kappa shape index (κ3) is 3.93. The number of halogens is 3. The molecule has 3 aromatic rings. The Morgan fingerprint density at radius 1 is 1.19 bits per heavy atom. The molecule has 1 aromatic heterocycles. The maximum Gasteiger partial charge on any atom is 0.375 e. The predicted molar refractivity (Wildman–Crippen MR) is 95.8 cm³/mol. The monoisotopic (exact) mass is 393 g/mol. The van der Waals surface area contributed by atoms with E-state index in [-0.39, 0.29) is 11.4 Å². The number of esters is 1. The maximum absolute atomic E-state index is 13.6. The highest BCUT2D eigenvalue weighted by atomic mass is 35.5. The molecule has 0 aliphatic carbocycles. The summed E-state index contributed by atoms with van der Waals surface area (Å²) in [6.07, 6.45) is -1.24. The third-order valence-corrected chi connectivity index (χ3v) is 4.16. The Morgan fingerprint density at radius 3 is 2.63 bits per heavy atom. The quantitative estimate of drug-likeness (QED) is 0.643. The van der Waals surface area contributed by atoms with Crippen molar-refractivity contribution in [1.29, 1.82) is 0 Å². The van der Waals surface area contributed by atoms with E-state index in [9.17, 15) is 18.4 Å². The lowest BCUT2D eigenvalue weighted by molar-refractivity contribution is -0.123. The van der Waals surface area contributed by atoms with Gasteiger partial charge in [-0.2, -0.15) is 0 Å². The van der Waals surface area contributed by atoms with Gasteiger partial charge in [-0.3, -0.25) is 4.79 Å².